The minimum Gasteiger partial charge on any atom is -0.324 e. The van der Waals surface area contributed by atoms with Crippen LogP contribution in [0.4, 0.5) is 0 Å². The van der Waals surface area contributed by atoms with Gasteiger partial charge in [-0.1, -0.05) is 57.9 Å². The first kappa shape index (κ1) is 15.2. The third kappa shape index (κ3) is 6.15. The van der Waals surface area contributed by atoms with E-state index in [2.05, 4.69) is 24.9 Å². The van der Waals surface area contributed by atoms with Crippen LogP contribution in [-0.2, 0) is 0 Å². The molecule has 2 heteroatoms. The topological polar surface area (TPSA) is 38.9 Å². The number of rotatable bonds is 9. The van der Waals surface area contributed by atoms with Crippen LogP contribution in [0.3, 0.4) is 0 Å². The molecule has 0 aliphatic rings. The van der Waals surface area contributed by atoms with Crippen molar-refractivity contribution in [3.05, 3.63) is 29.6 Å². The highest BCUT2D eigenvalue weighted by Crippen LogP contribution is 2.18. The third-order valence-electron chi connectivity index (χ3n) is 3.44. The summed E-state index contributed by atoms with van der Waals surface area (Å²) in [5.74, 6) is 0. The predicted molar refractivity (Wildman–Crippen MR) is 78.5 cm³/mol. The Kier molecular flexibility index (Phi) is 7.66. The first-order chi connectivity index (χ1) is 8.74. The van der Waals surface area contributed by atoms with Crippen molar-refractivity contribution < 1.29 is 0 Å². The van der Waals surface area contributed by atoms with Gasteiger partial charge in [0.2, 0.25) is 0 Å². The molecule has 1 atom stereocenters. The number of aryl methyl sites for hydroxylation is 1. The molecule has 102 valence electrons. The minimum atomic E-state index is 0.160. The first-order valence-corrected chi connectivity index (χ1v) is 7.41. The highest BCUT2D eigenvalue weighted by Gasteiger charge is 2.05. The van der Waals surface area contributed by atoms with Gasteiger partial charge in [0.25, 0.3) is 0 Å². The molecule has 1 aromatic heterocycles. The van der Waals surface area contributed by atoms with Crippen LogP contribution in [0.25, 0.3) is 0 Å². The molecule has 0 spiro atoms. The summed E-state index contributed by atoms with van der Waals surface area (Å²) >= 11 is 0. The Morgan fingerprint density at radius 1 is 1.06 bits per heavy atom. The van der Waals surface area contributed by atoms with Gasteiger partial charge in [-0.25, -0.2) is 0 Å². The maximum absolute atomic E-state index is 6.19. The molecule has 0 bridgehead atoms. The van der Waals surface area contributed by atoms with Crippen molar-refractivity contribution in [2.24, 2.45) is 5.73 Å². The van der Waals surface area contributed by atoms with E-state index in [0.29, 0.717) is 0 Å². The van der Waals surface area contributed by atoms with E-state index in [-0.39, 0.29) is 6.04 Å². The van der Waals surface area contributed by atoms with Crippen LogP contribution >= 0.6 is 0 Å². The maximum Gasteiger partial charge on any atom is 0.0315 e. The van der Waals surface area contributed by atoms with E-state index >= 15 is 0 Å². The normalized spacial score (nSPS) is 12.6. The van der Waals surface area contributed by atoms with Gasteiger partial charge in [0.05, 0.1) is 0 Å². The Morgan fingerprint density at radius 2 is 1.72 bits per heavy atom. The third-order valence-corrected chi connectivity index (χ3v) is 3.44. The molecule has 0 amide bonds. The second-order valence-electron chi connectivity index (χ2n) is 5.31. The molecule has 0 fully saturated rings. The number of hydrogen-bond donors (Lipinski definition) is 1. The van der Waals surface area contributed by atoms with Gasteiger partial charge >= 0.3 is 0 Å². The summed E-state index contributed by atoms with van der Waals surface area (Å²) in [5.41, 5.74) is 8.56. The van der Waals surface area contributed by atoms with Gasteiger partial charge in [-0.05, 0) is 24.5 Å². The standard InChI is InChI=1S/C16H28N2/c1-3-4-5-6-7-8-9-10-16(17)15-11-14(2)12-18-13-15/h11-13,16H,3-10,17H2,1-2H3. The second-order valence-corrected chi connectivity index (χ2v) is 5.31. The van der Waals surface area contributed by atoms with Gasteiger partial charge in [-0.3, -0.25) is 4.98 Å². The molecule has 0 saturated heterocycles. The van der Waals surface area contributed by atoms with E-state index in [0.717, 1.165) is 6.42 Å². The van der Waals surface area contributed by atoms with E-state index in [1.807, 2.05) is 12.4 Å². The van der Waals surface area contributed by atoms with E-state index in [9.17, 15) is 0 Å². The molecule has 1 aromatic rings. The molecule has 18 heavy (non-hydrogen) atoms. The molecule has 0 saturated carbocycles. The summed E-state index contributed by atoms with van der Waals surface area (Å²) < 4.78 is 0. The van der Waals surface area contributed by atoms with Crippen molar-refractivity contribution >= 4 is 0 Å². The fourth-order valence-electron chi connectivity index (χ4n) is 2.27. The minimum absolute atomic E-state index is 0.160. The summed E-state index contributed by atoms with van der Waals surface area (Å²) in [7, 11) is 0. The van der Waals surface area contributed by atoms with E-state index in [1.54, 1.807) is 0 Å². The molecule has 0 aliphatic carbocycles. The van der Waals surface area contributed by atoms with Gasteiger partial charge in [0.1, 0.15) is 0 Å². The average Bonchev–Trinajstić information content (AvgIpc) is 2.37. The van der Waals surface area contributed by atoms with E-state index < -0.39 is 0 Å². The Balaban J connectivity index is 2.12. The van der Waals surface area contributed by atoms with Crippen LogP contribution in [0.5, 0.6) is 0 Å². The molecule has 0 radical (unpaired) electrons. The van der Waals surface area contributed by atoms with Crippen LogP contribution in [0.15, 0.2) is 18.5 Å². The number of nitrogens with zero attached hydrogens (tertiary/aromatic N) is 1. The Labute approximate surface area is 112 Å². The number of unbranched alkanes of at least 4 members (excludes halogenated alkanes) is 6. The number of nitrogens with two attached hydrogens (primary N) is 1. The largest absolute Gasteiger partial charge is 0.324 e. The van der Waals surface area contributed by atoms with Crippen molar-refractivity contribution in [3.8, 4) is 0 Å². The summed E-state index contributed by atoms with van der Waals surface area (Å²) in [6.45, 7) is 4.33. The first-order valence-electron chi connectivity index (χ1n) is 7.41. The van der Waals surface area contributed by atoms with E-state index in [1.165, 1.54) is 56.1 Å². The zero-order valence-electron chi connectivity index (χ0n) is 12.0. The second kappa shape index (κ2) is 9.09. The molecular formula is C16H28N2. The van der Waals surface area contributed by atoms with Gasteiger partial charge in [-0.2, -0.15) is 0 Å². The summed E-state index contributed by atoms with van der Waals surface area (Å²) in [6, 6.07) is 2.31. The molecule has 0 aliphatic heterocycles. The number of hydrogen-bond acceptors (Lipinski definition) is 2. The number of aromatic nitrogens is 1. The van der Waals surface area contributed by atoms with Crippen molar-refractivity contribution in [3.63, 3.8) is 0 Å². The van der Waals surface area contributed by atoms with Crippen LogP contribution < -0.4 is 5.73 Å². The van der Waals surface area contributed by atoms with Gasteiger partial charge < -0.3 is 5.73 Å². The van der Waals surface area contributed by atoms with Crippen LogP contribution in [0, 0.1) is 6.92 Å². The van der Waals surface area contributed by atoms with Crippen molar-refractivity contribution in [2.45, 2.75) is 71.3 Å². The van der Waals surface area contributed by atoms with Crippen LogP contribution in [-0.4, -0.2) is 4.98 Å². The Morgan fingerprint density at radius 3 is 2.39 bits per heavy atom. The zero-order valence-corrected chi connectivity index (χ0v) is 12.0. The maximum atomic E-state index is 6.19. The molecule has 2 N–H and O–H groups in total. The molecular weight excluding hydrogens is 220 g/mol. The lowest BCUT2D eigenvalue weighted by Crippen LogP contribution is -2.10. The lowest BCUT2D eigenvalue weighted by molar-refractivity contribution is 0.540. The van der Waals surface area contributed by atoms with Crippen molar-refractivity contribution in [2.75, 3.05) is 0 Å². The van der Waals surface area contributed by atoms with E-state index in [4.69, 9.17) is 5.73 Å². The molecule has 1 unspecified atom stereocenters. The lowest BCUT2D eigenvalue weighted by Gasteiger charge is -2.11. The highest BCUT2D eigenvalue weighted by atomic mass is 14.7. The van der Waals surface area contributed by atoms with Gasteiger partial charge in [-0.15, -0.1) is 0 Å². The summed E-state index contributed by atoms with van der Waals surface area (Å²) in [5, 5.41) is 0. The smallest absolute Gasteiger partial charge is 0.0315 e. The average molecular weight is 248 g/mol. The van der Waals surface area contributed by atoms with Crippen LogP contribution in [0.1, 0.15) is 75.5 Å². The summed E-state index contributed by atoms with van der Waals surface area (Å²) in [6.07, 6.45) is 14.3. The highest BCUT2D eigenvalue weighted by molar-refractivity contribution is 5.19. The monoisotopic (exact) mass is 248 g/mol. The van der Waals surface area contributed by atoms with Gasteiger partial charge in [0.15, 0.2) is 0 Å². The quantitative estimate of drug-likeness (QED) is 0.652. The van der Waals surface area contributed by atoms with Crippen molar-refractivity contribution in [1.82, 2.24) is 4.98 Å². The van der Waals surface area contributed by atoms with Crippen LogP contribution in [0.2, 0.25) is 0 Å². The van der Waals surface area contributed by atoms with Gasteiger partial charge in [0, 0.05) is 18.4 Å². The zero-order chi connectivity index (χ0) is 13.2. The number of pyridine rings is 1. The predicted octanol–water partition coefficient (Wildman–Crippen LogP) is 4.53. The molecule has 1 rings (SSSR count). The fourth-order valence-corrected chi connectivity index (χ4v) is 2.27. The van der Waals surface area contributed by atoms with Crippen molar-refractivity contribution in [1.29, 1.82) is 0 Å². The SMILES string of the molecule is CCCCCCCCCC(N)c1cncc(C)c1. The molecule has 2 nitrogen and oxygen atoms in total. The molecule has 0 aromatic carbocycles. The Hall–Kier alpha value is -0.890. The fraction of sp³-hybridized carbons (Fsp3) is 0.688. The Bertz CT molecular complexity index is 323. The summed E-state index contributed by atoms with van der Waals surface area (Å²) in [4.78, 5) is 4.20. The molecule has 1 heterocycles. The lowest BCUT2D eigenvalue weighted by atomic mass is 10.0.